The van der Waals surface area contributed by atoms with Crippen molar-refractivity contribution in [2.75, 3.05) is 12.3 Å². The van der Waals surface area contributed by atoms with Gasteiger partial charge in [0.2, 0.25) is 5.28 Å². The number of ether oxygens (including phenoxy) is 2. The molecule has 1 fully saturated rings. The number of aliphatic carboxylic acids is 2. The van der Waals surface area contributed by atoms with Gasteiger partial charge in [-0.1, -0.05) is 12.1 Å². The molecule has 0 saturated carbocycles. The van der Waals surface area contributed by atoms with E-state index in [0.29, 0.717) is 0 Å². The van der Waals surface area contributed by atoms with E-state index in [9.17, 15) is 34.8 Å². The van der Waals surface area contributed by atoms with Crippen LogP contribution in [0.2, 0.25) is 5.28 Å². The second kappa shape index (κ2) is 10.5. The molecule has 38 heavy (non-hydrogen) atoms. The van der Waals surface area contributed by atoms with Crippen molar-refractivity contribution in [3.63, 3.8) is 0 Å². The number of aliphatic hydroxyl groups excluding tert-OH is 2. The molecule has 3 heterocycles. The standard InChI is InChI=1S/C22H22ClN5O10/c23-21-26-16(24)13-17(27-21)28(8-25-13)6-11-14(29)15(30)12(38-11)7-37-22(19(33)34,20(35)36)5-9-1-3-10(4-2-9)18(31)32/h1-4,8,11-12,14-15,29-30H,5-7H2,(H,31,32)(H,33,34)(H,35,36)(H2,24,26,27)/t11-,12+,14-,15+/m0/s1. The van der Waals surface area contributed by atoms with E-state index >= 15 is 0 Å². The van der Waals surface area contributed by atoms with Gasteiger partial charge in [-0.15, -0.1) is 0 Å². The minimum Gasteiger partial charge on any atom is -0.479 e. The number of anilines is 1. The highest BCUT2D eigenvalue weighted by Gasteiger charge is 2.51. The highest BCUT2D eigenvalue weighted by atomic mass is 35.5. The van der Waals surface area contributed by atoms with Gasteiger partial charge in [-0.2, -0.15) is 9.97 Å². The summed E-state index contributed by atoms with van der Waals surface area (Å²) in [6.07, 6.45) is -4.64. The quantitative estimate of drug-likeness (QED) is 0.136. The van der Waals surface area contributed by atoms with Crippen molar-refractivity contribution in [1.29, 1.82) is 0 Å². The van der Waals surface area contributed by atoms with Crippen LogP contribution < -0.4 is 5.73 Å². The van der Waals surface area contributed by atoms with E-state index in [2.05, 4.69) is 15.0 Å². The molecular formula is C22H22ClN5O10. The molecule has 0 bridgehead atoms. The molecular weight excluding hydrogens is 530 g/mol. The molecule has 3 aromatic rings. The summed E-state index contributed by atoms with van der Waals surface area (Å²) < 4.78 is 12.5. The molecule has 0 spiro atoms. The number of halogens is 1. The maximum atomic E-state index is 12.1. The number of fused-ring (bicyclic) bond motifs is 1. The zero-order chi connectivity index (χ0) is 27.8. The van der Waals surface area contributed by atoms with Crippen molar-refractivity contribution < 1.29 is 49.4 Å². The van der Waals surface area contributed by atoms with Crippen LogP contribution in [0.4, 0.5) is 5.82 Å². The Morgan fingerprint density at radius 1 is 1.05 bits per heavy atom. The number of imidazole rings is 1. The SMILES string of the molecule is Nc1nc(Cl)nc2c1ncn2C[C@@H]1O[C@H](COC(Cc2ccc(C(=O)O)cc2)(C(=O)O)C(=O)O)[C@@H](O)[C@H]1O. The van der Waals surface area contributed by atoms with Crippen LogP contribution in [0.1, 0.15) is 15.9 Å². The molecule has 1 aliphatic heterocycles. The van der Waals surface area contributed by atoms with Gasteiger partial charge in [0, 0.05) is 6.42 Å². The van der Waals surface area contributed by atoms with E-state index in [1.54, 1.807) is 0 Å². The molecule has 7 N–H and O–H groups in total. The Labute approximate surface area is 218 Å². The van der Waals surface area contributed by atoms with Crippen molar-refractivity contribution in [2.45, 2.75) is 43.0 Å². The van der Waals surface area contributed by atoms with Crippen LogP contribution in [0.5, 0.6) is 0 Å². The molecule has 0 radical (unpaired) electrons. The fourth-order valence-corrected chi connectivity index (χ4v) is 4.25. The van der Waals surface area contributed by atoms with Gasteiger partial charge in [0.1, 0.15) is 29.9 Å². The first-order valence-corrected chi connectivity index (χ1v) is 11.4. The summed E-state index contributed by atoms with van der Waals surface area (Å²) >= 11 is 5.86. The number of aromatic carboxylic acids is 1. The fourth-order valence-electron chi connectivity index (χ4n) is 4.07. The van der Waals surface area contributed by atoms with Gasteiger partial charge in [0.15, 0.2) is 11.5 Å². The number of nitrogens with zero attached hydrogens (tertiary/aromatic N) is 4. The predicted octanol–water partition coefficient (Wildman–Crippen LogP) is -0.583. The second-order valence-corrected chi connectivity index (χ2v) is 8.91. The number of rotatable bonds is 10. The number of nitrogen functional groups attached to an aromatic ring is 1. The first-order valence-electron chi connectivity index (χ1n) is 11.0. The number of hydrogen-bond donors (Lipinski definition) is 6. The number of carboxylic acid groups (broad SMARTS) is 3. The fraction of sp³-hybridized carbons (Fsp3) is 0.364. The molecule has 0 amide bonds. The molecule has 2 aromatic heterocycles. The topological polar surface area (TPSA) is 240 Å². The highest BCUT2D eigenvalue weighted by Crippen LogP contribution is 2.28. The first-order chi connectivity index (χ1) is 17.9. The second-order valence-electron chi connectivity index (χ2n) is 8.57. The average molecular weight is 552 g/mol. The predicted molar refractivity (Wildman–Crippen MR) is 126 cm³/mol. The lowest BCUT2D eigenvalue weighted by molar-refractivity contribution is -0.189. The third kappa shape index (κ3) is 5.09. The summed E-state index contributed by atoms with van der Waals surface area (Å²) in [5.74, 6) is -4.82. The van der Waals surface area contributed by atoms with Gasteiger partial charge in [-0.3, -0.25) is 0 Å². The number of aliphatic hydroxyl groups is 2. The number of aromatic nitrogens is 4. The van der Waals surface area contributed by atoms with Gasteiger partial charge in [0.25, 0.3) is 5.60 Å². The van der Waals surface area contributed by atoms with Crippen LogP contribution in [0, 0.1) is 0 Å². The van der Waals surface area contributed by atoms with Crippen molar-refractivity contribution in [2.24, 2.45) is 0 Å². The van der Waals surface area contributed by atoms with Crippen LogP contribution in [-0.2, 0) is 32.0 Å². The minimum atomic E-state index is -2.79. The Morgan fingerprint density at radius 3 is 2.29 bits per heavy atom. The average Bonchev–Trinajstić information content (AvgIpc) is 3.37. The van der Waals surface area contributed by atoms with E-state index in [1.165, 1.54) is 35.2 Å². The molecule has 1 aromatic carbocycles. The van der Waals surface area contributed by atoms with Crippen molar-refractivity contribution in [3.05, 3.63) is 47.0 Å². The summed E-state index contributed by atoms with van der Waals surface area (Å²) in [7, 11) is 0. The van der Waals surface area contributed by atoms with E-state index in [-0.39, 0.29) is 39.9 Å². The third-order valence-electron chi connectivity index (χ3n) is 6.14. The summed E-state index contributed by atoms with van der Waals surface area (Å²) in [6.45, 7) is -0.775. The maximum absolute atomic E-state index is 12.1. The number of hydrogen-bond acceptors (Lipinski definition) is 11. The number of carbonyl (C=O) groups is 3. The van der Waals surface area contributed by atoms with Crippen LogP contribution in [0.25, 0.3) is 11.2 Å². The smallest absolute Gasteiger partial charge is 0.348 e. The van der Waals surface area contributed by atoms with E-state index < -0.39 is 61.0 Å². The van der Waals surface area contributed by atoms with Gasteiger partial charge in [-0.05, 0) is 29.3 Å². The maximum Gasteiger partial charge on any atom is 0.348 e. The lowest BCUT2D eigenvalue weighted by atomic mass is 9.93. The molecule has 15 nitrogen and oxygen atoms in total. The highest BCUT2D eigenvalue weighted by molar-refractivity contribution is 6.28. The molecule has 1 aliphatic rings. The van der Waals surface area contributed by atoms with Crippen LogP contribution in [0.15, 0.2) is 30.6 Å². The molecule has 4 atom stereocenters. The molecule has 16 heteroatoms. The third-order valence-corrected chi connectivity index (χ3v) is 6.31. The molecule has 4 rings (SSSR count). The lowest BCUT2D eigenvalue weighted by Gasteiger charge is -2.27. The summed E-state index contributed by atoms with van der Waals surface area (Å²) in [5, 5.41) is 49.5. The molecule has 202 valence electrons. The Morgan fingerprint density at radius 2 is 1.68 bits per heavy atom. The summed E-state index contributed by atoms with van der Waals surface area (Å²) in [5.41, 5.74) is 3.60. The molecule has 0 unspecified atom stereocenters. The van der Waals surface area contributed by atoms with Crippen LogP contribution in [0.3, 0.4) is 0 Å². The molecule has 0 aliphatic carbocycles. The van der Waals surface area contributed by atoms with Crippen molar-refractivity contribution in [1.82, 2.24) is 19.5 Å². The van der Waals surface area contributed by atoms with E-state index in [1.807, 2.05) is 0 Å². The number of benzene rings is 1. The zero-order valence-electron chi connectivity index (χ0n) is 19.3. The van der Waals surface area contributed by atoms with Gasteiger partial charge in [0.05, 0.1) is 25.0 Å². The Hall–Kier alpha value is -3.89. The van der Waals surface area contributed by atoms with E-state index in [0.717, 1.165) is 0 Å². The lowest BCUT2D eigenvalue weighted by Crippen LogP contribution is -2.52. The van der Waals surface area contributed by atoms with Gasteiger partial charge < -0.3 is 45.3 Å². The zero-order valence-corrected chi connectivity index (χ0v) is 20.1. The summed E-state index contributed by atoms with van der Waals surface area (Å²) in [6, 6.07) is 4.93. The Balaban J connectivity index is 1.50. The number of nitrogens with two attached hydrogens (primary N) is 1. The normalized spacial score (nSPS) is 21.6. The first kappa shape index (κ1) is 27.2. The van der Waals surface area contributed by atoms with Crippen LogP contribution in [-0.4, -0.2) is 99.6 Å². The largest absolute Gasteiger partial charge is 0.479 e. The monoisotopic (exact) mass is 551 g/mol. The van der Waals surface area contributed by atoms with Crippen molar-refractivity contribution in [3.8, 4) is 0 Å². The Kier molecular flexibility index (Phi) is 7.48. The molecule has 1 saturated heterocycles. The van der Waals surface area contributed by atoms with Gasteiger partial charge in [-0.25, -0.2) is 19.4 Å². The Bertz CT molecular complexity index is 1370. The summed E-state index contributed by atoms with van der Waals surface area (Å²) in [4.78, 5) is 47.1. The van der Waals surface area contributed by atoms with E-state index in [4.69, 9.17) is 31.9 Å². The number of carboxylic acids is 3. The van der Waals surface area contributed by atoms with Crippen LogP contribution >= 0.6 is 11.6 Å². The minimum absolute atomic E-state index is 0.0363. The van der Waals surface area contributed by atoms with Crippen molar-refractivity contribution >= 4 is 46.5 Å². The van der Waals surface area contributed by atoms with Gasteiger partial charge >= 0.3 is 17.9 Å².